The average molecular weight is 336 g/mol. The van der Waals surface area contributed by atoms with Crippen LogP contribution in [0.15, 0.2) is 47.6 Å². The monoisotopic (exact) mass is 336 g/mol. The molecule has 0 aliphatic heterocycles. The van der Waals surface area contributed by atoms with Crippen LogP contribution in [0.25, 0.3) is 0 Å². The maximum Gasteiger partial charge on any atom is 0.240 e. The fourth-order valence-electron chi connectivity index (χ4n) is 2.08. The minimum Gasteiger partial charge on any atom is -0.341 e. The maximum absolute atomic E-state index is 12.0. The molecule has 1 aromatic carbocycles. The van der Waals surface area contributed by atoms with Crippen molar-refractivity contribution in [3.8, 4) is 0 Å². The first-order chi connectivity index (χ1) is 10.9. The van der Waals surface area contributed by atoms with Crippen molar-refractivity contribution in [3.63, 3.8) is 0 Å². The molecule has 0 spiro atoms. The molecular weight excluding hydrogens is 316 g/mol. The van der Waals surface area contributed by atoms with Gasteiger partial charge in [-0.2, -0.15) is 5.10 Å². The van der Waals surface area contributed by atoms with E-state index >= 15 is 0 Å². The van der Waals surface area contributed by atoms with Crippen molar-refractivity contribution >= 4 is 15.9 Å². The second kappa shape index (κ2) is 7.38. The van der Waals surface area contributed by atoms with E-state index in [0.717, 1.165) is 5.56 Å². The maximum atomic E-state index is 12.0. The van der Waals surface area contributed by atoms with Crippen molar-refractivity contribution in [1.82, 2.24) is 19.4 Å². The molecule has 0 radical (unpaired) electrons. The Kier molecular flexibility index (Phi) is 5.51. The van der Waals surface area contributed by atoms with Gasteiger partial charge >= 0.3 is 0 Å². The van der Waals surface area contributed by atoms with Gasteiger partial charge in [0.2, 0.25) is 15.9 Å². The SMILES string of the molecule is CN(Cc1cnn(C)c1)C(=O)CCNS(=O)(=O)c1ccccc1. The number of sulfonamides is 1. The van der Waals surface area contributed by atoms with Gasteiger partial charge in [0, 0.05) is 45.4 Å². The molecule has 1 aromatic heterocycles. The summed E-state index contributed by atoms with van der Waals surface area (Å²) in [5, 5.41) is 4.04. The molecule has 2 rings (SSSR count). The van der Waals surface area contributed by atoms with E-state index in [2.05, 4.69) is 9.82 Å². The van der Waals surface area contributed by atoms with E-state index in [1.54, 1.807) is 41.0 Å². The molecule has 0 atom stereocenters. The lowest BCUT2D eigenvalue weighted by molar-refractivity contribution is -0.130. The van der Waals surface area contributed by atoms with E-state index in [-0.39, 0.29) is 23.8 Å². The number of rotatable bonds is 7. The highest BCUT2D eigenvalue weighted by molar-refractivity contribution is 7.89. The van der Waals surface area contributed by atoms with Crippen molar-refractivity contribution in [1.29, 1.82) is 0 Å². The lowest BCUT2D eigenvalue weighted by Crippen LogP contribution is -2.31. The molecule has 0 bridgehead atoms. The fourth-order valence-corrected chi connectivity index (χ4v) is 3.13. The highest BCUT2D eigenvalue weighted by Gasteiger charge is 2.15. The molecular formula is C15H20N4O3S. The zero-order valence-electron chi connectivity index (χ0n) is 13.1. The third kappa shape index (κ3) is 4.90. The largest absolute Gasteiger partial charge is 0.341 e. The fraction of sp³-hybridized carbons (Fsp3) is 0.333. The van der Waals surface area contributed by atoms with E-state index in [9.17, 15) is 13.2 Å². The van der Waals surface area contributed by atoms with Gasteiger partial charge in [-0.1, -0.05) is 18.2 Å². The van der Waals surface area contributed by atoms with Gasteiger partial charge in [-0.3, -0.25) is 9.48 Å². The quantitative estimate of drug-likeness (QED) is 0.808. The molecule has 0 saturated heterocycles. The summed E-state index contributed by atoms with van der Waals surface area (Å²) in [6, 6.07) is 8.08. The van der Waals surface area contributed by atoms with Crippen LogP contribution in [0, 0.1) is 0 Å². The number of carbonyl (C=O) groups is 1. The summed E-state index contributed by atoms with van der Waals surface area (Å²) in [4.78, 5) is 13.8. The first-order valence-corrected chi connectivity index (χ1v) is 8.63. The Morgan fingerprint density at radius 1 is 1.30 bits per heavy atom. The molecule has 1 heterocycles. The molecule has 0 aliphatic rings. The van der Waals surface area contributed by atoms with Crippen LogP contribution in [0.2, 0.25) is 0 Å². The Morgan fingerprint density at radius 3 is 2.61 bits per heavy atom. The van der Waals surface area contributed by atoms with E-state index in [1.807, 2.05) is 13.2 Å². The van der Waals surface area contributed by atoms with Crippen LogP contribution >= 0.6 is 0 Å². The van der Waals surface area contributed by atoms with Crippen LogP contribution in [0.1, 0.15) is 12.0 Å². The molecule has 1 N–H and O–H groups in total. The summed E-state index contributed by atoms with van der Waals surface area (Å²) in [7, 11) is -0.0805. The van der Waals surface area contributed by atoms with Crippen LogP contribution < -0.4 is 4.72 Å². The van der Waals surface area contributed by atoms with Crippen molar-refractivity contribution in [2.45, 2.75) is 17.9 Å². The third-order valence-corrected chi connectivity index (χ3v) is 4.77. The van der Waals surface area contributed by atoms with Gasteiger partial charge in [0.15, 0.2) is 0 Å². The van der Waals surface area contributed by atoms with Gasteiger partial charge in [-0.25, -0.2) is 13.1 Å². The van der Waals surface area contributed by atoms with E-state index in [4.69, 9.17) is 0 Å². The molecule has 0 saturated carbocycles. The Balaban J connectivity index is 1.82. The van der Waals surface area contributed by atoms with E-state index in [1.165, 1.54) is 12.1 Å². The van der Waals surface area contributed by atoms with Crippen LogP contribution in [0.3, 0.4) is 0 Å². The average Bonchev–Trinajstić information content (AvgIpc) is 2.93. The number of carbonyl (C=O) groups excluding carboxylic acids is 1. The smallest absolute Gasteiger partial charge is 0.240 e. The third-order valence-electron chi connectivity index (χ3n) is 3.29. The van der Waals surface area contributed by atoms with Crippen LogP contribution in [0.4, 0.5) is 0 Å². The summed E-state index contributed by atoms with van der Waals surface area (Å²) < 4.78 is 28.2. The summed E-state index contributed by atoms with van der Waals surface area (Å²) >= 11 is 0. The predicted molar refractivity (Wildman–Crippen MR) is 85.9 cm³/mol. The number of aryl methyl sites for hydroxylation is 1. The van der Waals surface area contributed by atoms with E-state index in [0.29, 0.717) is 6.54 Å². The molecule has 7 nitrogen and oxygen atoms in total. The number of amides is 1. The zero-order valence-corrected chi connectivity index (χ0v) is 14.0. The second-order valence-electron chi connectivity index (χ2n) is 5.23. The molecule has 124 valence electrons. The molecule has 0 aliphatic carbocycles. The van der Waals surface area contributed by atoms with Crippen LogP contribution in [-0.2, 0) is 28.4 Å². The first-order valence-electron chi connectivity index (χ1n) is 7.15. The number of benzene rings is 1. The van der Waals surface area contributed by atoms with E-state index < -0.39 is 10.0 Å². The summed E-state index contributed by atoms with van der Waals surface area (Å²) in [5.41, 5.74) is 0.924. The Hall–Kier alpha value is -2.19. The Bertz CT molecular complexity index is 756. The summed E-state index contributed by atoms with van der Waals surface area (Å²) in [6.45, 7) is 0.506. The van der Waals surface area contributed by atoms with Gasteiger partial charge < -0.3 is 4.90 Å². The lowest BCUT2D eigenvalue weighted by Gasteiger charge is -2.16. The standard InChI is InChI=1S/C15H20N4O3S/c1-18(11-13-10-16-19(2)12-13)15(20)8-9-17-23(21,22)14-6-4-3-5-7-14/h3-7,10,12,17H,8-9,11H2,1-2H3. The second-order valence-corrected chi connectivity index (χ2v) is 7.00. The van der Waals surface area contributed by atoms with Crippen LogP contribution in [0.5, 0.6) is 0 Å². The molecule has 8 heteroatoms. The van der Waals surface area contributed by atoms with Crippen molar-refractivity contribution in [3.05, 3.63) is 48.3 Å². The molecule has 2 aromatic rings. The lowest BCUT2D eigenvalue weighted by atomic mass is 10.3. The number of hydrogen-bond donors (Lipinski definition) is 1. The van der Waals surface area contributed by atoms with Gasteiger partial charge in [0.1, 0.15) is 0 Å². The summed E-state index contributed by atoms with van der Waals surface area (Å²) in [5.74, 6) is -0.135. The van der Waals surface area contributed by atoms with Gasteiger partial charge in [0.25, 0.3) is 0 Å². The Morgan fingerprint density at radius 2 is 2.00 bits per heavy atom. The predicted octanol–water partition coefficient (Wildman–Crippen LogP) is 0.747. The number of nitrogens with zero attached hydrogens (tertiary/aromatic N) is 3. The highest BCUT2D eigenvalue weighted by atomic mass is 32.2. The number of hydrogen-bond acceptors (Lipinski definition) is 4. The molecule has 1 amide bonds. The zero-order chi connectivity index (χ0) is 16.9. The summed E-state index contributed by atoms with van der Waals surface area (Å²) in [6.07, 6.45) is 3.63. The van der Waals surface area contributed by atoms with Gasteiger partial charge in [0.05, 0.1) is 11.1 Å². The Labute approximate surface area is 136 Å². The molecule has 0 fully saturated rings. The number of nitrogens with one attached hydrogen (secondary N) is 1. The molecule has 0 unspecified atom stereocenters. The van der Waals surface area contributed by atoms with Crippen molar-refractivity contribution in [2.75, 3.05) is 13.6 Å². The first kappa shape index (κ1) is 17.2. The van der Waals surface area contributed by atoms with Crippen molar-refractivity contribution < 1.29 is 13.2 Å². The highest BCUT2D eigenvalue weighted by Crippen LogP contribution is 2.07. The van der Waals surface area contributed by atoms with Gasteiger partial charge in [-0.05, 0) is 12.1 Å². The minimum atomic E-state index is -3.57. The number of aromatic nitrogens is 2. The van der Waals surface area contributed by atoms with Gasteiger partial charge in [-0.15, -0.1) is 0 Å². The van der Waals surface area contributed by atoms with Crippen molar-refractivity contribution in [2.24, 2.45) is 7.05 Å². The molecule has 23 heavy (non-hydrogen) atoms. The topological polar surface area (TPSA) is 84.3 Å². The van der Waals surface area contributed by atoms with Crippen LogP contribution in [-0.4, -0.2) is 42.6 Å². The minimum absolute atomic E-state index is 0.0629. The normalized spacial score (nSPS) is 11.4.